The van der Waals surface area contributed by atoms with Gasteiger partial charge in [0.05, 0.1) is 25.9 Å². The van der Waals surface area contributed by atoms with Gasteiger partial charge in [0.1, 0.15) is 12.7 Å². The van der Waals surface area contributed by atoms with Crippen LogP contribution in [0.5, 0.6) is 0 Å². The van der Waals surface area contributed by atoms with E-state index >= 15 is 0 Å². The highest BCUT2D eigenvalue weighted by Crippen LogP contribution is 2.43. The zero-order valence-corrected chi connectivity index (χ0v) is 39.3. The number of allylic oxidation sites excluding steroid dienone is 11. The number of hydrogen-bond donors (Lipinski definition) is 5. The summed E-state index contributed by atoms with van der Waals surface area (Å²) in [5.41, 5.74) is 0. The molecular weight excluding hydrogens is 838 g/mol. The first-order valence-electron chi connectivity index (χ1n) is 22.7. The molecule has 4 atom stereocenters. The molecule has 0 saturated heterocycles. The predicted octanol–water partition coefficient (Wildman–Crippen LogP) is 10.8. The van der Waals surface area contributed by atoms with Gasteiger partial charge in [-0.25, -0.2) is 9.13 Å². The molecule has 0 aromatic heterocycles. The van der Waals surface area contributed by atoms with Crippen molar-refractivity contribution in [2.45, 2.75) is 180 Å². The van der Waals surface area contributed by atoms with Crippen LogP contribution in [0.2, 0.25) is 0 Å². The number of phosphoric ester groups is 2. The van der Waals surface area contributed by atoms with E-state index < -0.39 is 72.3 Å². The van der Waals surface area contributed by atoms with Crippen molar-refractivity contribution in [2.75, 3.05) is 26.4 Å². The largest absolute Gasteiger partial charge is 0.472 e. The molecule has 5 N–H and O–H groups in total. The van der Waals surface area contributed by atoms with Crippen LogP contribution in [0.15, 0.2) is 72.9 Å². The van der Waals surface area contributed by atoms with E-state index in [2.05, 4.69) is 71.5 Å². The quantitative estimate of drug-likeness (QED) is 0.0127. The van der Waals surface area contributed by atoms with Crippen LogP contribution in [0.4, 0.5) is 0 Å². The summed E-state index contributed by atoms with van der Waals surface area (Å²) < 4.78 is 47.6. The van der Waals surface area contributed by atoms with Crippen molar-refractivity contribution in [1.29, 1.82) is 0 Å². The van der Waals surface area contributed by atoms with Gasteiger partial charge < -0.3 is 34.4 Å². The maximum absolute atomic E-state index is 12.7. The highest BCUT2D eigenvalue weighted by atomic mass is 31.2. The summed E-state index contributed by atoms with van der Waals surface area (Å²) in [5, 5.41) is 20.1. The first-order chi connectivity index (χ1) is 29.8. The molecule has 0 heterocycles. The number of hydrogen-bond acceptors (Lipinski definition) is 11. The topological polar surface area (TPSA) is 216 Å². The SMILES string of the molecule is CCCCC/C=C\C/C=C\C/C=C\CCCCCCC(=O)OC[C@H](COP(=O)(O)OC[C@@H](O)COP(=O)(O)O)OC(=O)CCCC(O)/C=C/C=C/C/C=C/CCCCCCCC. The number of aliphatic hydroxyl groups is 2. The van der Waals surface area contributed by atoms with E-state index in [9.17, 15) is 33.8 Å². The van der Waals surface area contributed by atoms with E-state index in [0.29, 0.717) is 6.42 Å². The smallest absolute Gasteiger partial charge is 0.462 e. The van der Waals surface area contributed by atoms with E-state index in [4.69, 9.17) is 23.8 Å². The Morgan fingerprint density at radius 1 is 0.532 bits per heavy atom. The van der Waals surface area contributed by atoms with Crippen LogP contribution in [0.3, 0.4) is 0 Å². The number of ether oxygens (including phenoxy) is 2. The molecule has 0 spiro atoms. The summed E-state index contributed by atoms with van der Waals surface area (Å²) in [6.07, 6.45) is 42.0. The lowest BCUT2D eigenvalue weighted by atomic mass is 10.1. The standard InChI is InChI=1S/C46H80O14P2/c1-3-5-7-9-11-13-15-17-18-19-20-22-24-26-28-30-32-36-45(49)56-40-44(41-59-62(54,55)58-39-43(48)38-57-61(51,52)53)60-46(50)37-33-35-42(47)34-31-29-27-25-23-21-16-14-12-10-8-6-4-2/h11,13,17-18,20-23,27,29,31,34,42-44,47-48H,3-10,12,14-16,19,24-26,28,30,32-33,35-41H2,1-2H3,(H,54,55)(H2,51,52,53)/b13-11-,18-17-,22-20-,23-21+,29-27+,34-31+/t42?,43-,44+/m0/s1. The molecule has 0 aromatic rings. The normalized spacial score (nSPS) is 15.1. The lowest BCUT2D eigenvalue weighted by Crippen LogP contribution is -2.30. The molecule has 0 amide bonds. The molecule has 0 rings (SSSR count). The summed E-state index contributed by atoms with van der Waals surface area (Å²) in [5.74, 6) is -1.26. The van der Waals surface area contributed by atoms with Crippen molar-refractivity contribution in [3.63, 3.8) is 0 Å². The number of rotatable bonds is 42. The van der Waals surface area contributed by atoms with Gasteiger partial charge in [-0.3, -0.25) is 23.2 Å². The third-order valence-corrected chi connectivity index (χ3v) is 10.6. The molecule has 16 heteroatoms. The minimum absolute atomic E-state index is 0.101. The number of carbonyl (C=O) groups excluding carboxylic acids is 2. The fraction of sp³-hybridized carbons (Fsp3) is 0.696. The fourth-order valence-electron chi connectivity index (χ4n) is 5.66. The van der Waals surface area contributed by atoms with Crippen LogP contribution in [-0.2, 0) is 41.8 Å². The second-order valence-corrected chi connectivity index (χ2v) is 17.9. The Hall–Kier alpha value is -2.48. The maximum Gasteiger partial charge on any atom is 0.472 e. The Morgan fingerprint density at radius 2 is 1.02 bits per heavy atom. The Balaban J connectivity index is 4.73. The zero-order chi connectivity index (χ0) is 46.0. The van der Waals surface area contributed by atoms with E-state index in [1.54, 1.807) is 12.2 Å². The second kappa shape index (κ2) is 41.2. The number of unbranched alkanes of at least 4 members (excludes halogenated alkanes) is 13. The molecule has 2 unspecified atom stereocenters. The van der Waals surface area contributed by atoms with Crippen LogP contribution in [0.1, 0.15) is 162 Å². The Labute approximate surface area is 372 Å². The highest BCUT2D eigenvalue weighted by Gasteiger charge is 2.28. The molecule has 358 valence electrons. The van der Waals surface area contributed by atoms with Crippen LogP contribution >= 0.6 is 15.6 Å². The minimum Gasteiger partial charge on any atom is -0.462 e. The molecule has 0 aliphatic rings. The van der Waals surface area contributed by atoms with E-state index in [1.165, 1.54) is 57.8 Å². The minimum atomic E-state index is -4.89. The van der Waals surface area contributed by atoms with Gasteiger partial charge >= 0.3 is 27.6 Å². The lowest BCUT2D eigenvalue weighted by molar-refractivity contribution is -0.161. The highest BCUT2D eigenvalue weighted by molar-refractivity contribution is 7.47. The average molecular weight is 919 g/mol. The van der Waals surface area contributed by atoms with Crippen LogP contribution in [0, 0.1) is 0 Å². The molecule has 0 aliphatic carbocycles. The first kappa shape index (κ1) is 59.5. The van der Waals surface area contributed by atoms with Gasteiger partial charge in [-0.1, -0.05) is 145 Å². The Kier molecular flexibility index (Phi) is 39.6. The fourth-order valence-corrected chi connectivity index (χ4v) is 6.81. The van der Waals surface area contributed by atoms with Gasteiger partial charge in [0.15, 0.2) is 6.10 Å². The summed E-state index contributed by atoms with van der Waals surface area (Å²) in [4.78, 5) is 52.8. The zero-order valence-electron chi connectivity index (χ0n) is 37.6. The monoisotopic (exact) mass is 919 g/mol. The maximum atomic E-state index is 12.7. The van der Waals surface area contributed by atoms with Crippen molar-refractivity contribution in [3.8, 4) is 0 Å². The molecule has 0 saturated carbocycles. The number of aliphatic hydroxyl groups excluding tert-OH is 2. The first-order valence-corrected chi connectivity index (χ1v) is 25.8. The number of phosphoric acid groups is 2. The van der Waals surface area contributed by atoms with Gasteiger partial charge in [-0.05, 0) is 77.0 Å². The predicted molar refractivity (Wildman–Crippen MR) is 245 cm³/mol. The molecule has 0 bridgehead atoms. The molecule has 0 aliphatic heterocycles. The Morgan fingerprint density at radius 3 is 1.63 bits per heavy atom. The van der Waals surface area contributed by atoms with Crippen LogP contribution in [-0.4, -0.2) is 81.6 Å². The van der Waals surface area contributed by atoms with Gasteiger partial charge in [-0.15, -0.1) is 0 Å². The molecule has 14 nitrogen and oxygen atoms in total. The van der Waals surface area contributed by atoms with Crippen LogP contribution < -0.4 is 0 Å². The summed E-state index contributed by atoms with van der Waals surface area (Å²) in [6.45, 7) is 1.48. The van der Waals surface area contributed by atoms with Crippen molar-refractivity contribution in [3.05, 3.63) is 72.9 Å². The van der Waals surface area contributed by atoms with Gasteiger partial charge in [0, 0.05) is 12.8 Å². The summed E-state index contributed by atoms with van der Waals surface area (Å²) >= 11 is 0. The molecule has 0 aromatic carbocycles. The van der Waals surface area contributed by atoms with E-state index in [0.717, 1.165) is 57.8 Å². The summed E-state index contributed by atoms with van der Waals surface area (Å²) in [6, 6.07) is 0. The van der Waals surface area contributed by atoms with Gasteiger partial charge in [0.25, 0.3) is 0 Å². The molecule has 0 radical (unpaired) electrons. The lowest BCUT2D eigenvalue weighted by Gasteiger charge is -2.20. The number of carbonyl (C=O) groups is 2. The van der Waals surface area contributed by atoms with Crippen molar-refractivity contribution >= 4 is 27.6 Å². The van der Waals surface area contributed by atoms with E-state index in [1.807, 2.05) is 12.2 Å². The van der Waals surface area contributed by atoms with Crippen molar-refractivity contribution < 1.29 is 66.7 Å². The summed E-state index contributed by atoms with van der Waals surface area (Å²) in [7, 11) is -9.76. The Bertz CT molecular complexity index is 1390. The molecule has 62 heavy (non-hydrogen) atoms. The second-order valence-electron chi connectivity index (χ2n) is 15.2. The average Bonchev–Trinajstić information content (AvgIpc) is 3.22. The van der Waals surface area contributed by atoms with Crippen molar-refractivity contribution in [1.82, 2.24) is 0 Å². The van der Waals surface area contributed by atoms with Gasteiger partial charge in [0.2, 0.25) is 0 Å². The number of esters is 2. The molecule has 0 fully saturated rings. The van der Waals surface area contributed by atoms with Crippen molar-refractivity contribution in [2.24, 2.45) is 0 Å². The third kappa shape index (κ3) is 44.1. The third-order valence-electron chi connectivity index (χ3n) is 9.16. The molecular formula is C46H80O14P2. The van der Waals surface area contributed by atoms with Crippen LogP contribution in [0.25, 0.3) is 0 Å². The van der Waals surface area contributed by atoms with E-state index in [-0.39, 0.29) is 25.7 Å². The van der Waals surface area contributed by atoms with Gasteiger partial charge in [-0.2, -0.15) is 0 Å².